The number of hydrogen-bond acceptors (Lipinski definition) is 2. The van der Waals surface area contributed by atoms with Crippen LogP contribution in [0.15, 0.2) is 54.6 Å². The molecular formula is C15H14F3NO. The molecule has 2 nitrogen and oxygen atoms in total. The zero-order valence-electron chi connectivity index (χ0n) is 10.6. The molecule has 0 saturated carbocycles. The number of halogens is 3. The van der Waals surface area contributed by atoms with E-state index in [0.29, 0.717) is 0 Å². The molecule has 0 radical (unpaired) electrons. The van der Waals surface area contributed by atoms with Gasteiger partial charge in [-0.05, 0) is 17.7 Å². The van der Waals surface area contributed by atoms with Gasteiger partial charge in [-0.25, -0.2) is 0 Å². The highest BCUT2D eigenvalue weighted by molar-refractivity contribution is 5.36. The summed E-state index contributed by atoms with van der Waals surface area (Å²) in [7, 11) is 0. The van der Waals surface area contributed by atoms with Crippen molar-refractivity contribution in [3.8, 4) is 5.75 Å². The topological polar surface area (TPSA) is 35.2 Å². The first-order chi connectivity index (χ1) is 9.52. The van der Waals surface area contributed by atoms with Crippen molar-refractivity contribution in [1.82, 2.24) is 0 Å². The van der Waals surface area contributed by atoms with Crippen LogP contribution in [0.25, 0.3) is 0 Å². The third-order valence-corrected chi connectivity index (χ3v) is 2.85. The lowest BCUT2D eigenvalue weighted by molar-refractivity contribution is -0.139. The van der Waals surface area contributed by atoms with Crippen LogP contribution < -0.4 is 10.5 Å². The first kappa shape index (κ1) is 14.4. The summed E-state index contributed by atoms with van der Waals surface area (Å²) in [5, 5.41) is 0. The second-order valence-corrected chi connectivity index (χ2v) is 4.25. The molecule has 106 valence electrons. The molecule has 0 heterocycles. The predicted molar refractivity (Wildman–Crippen MR) is 70.3 cm³/mol. The molecule has 0 aliphatic carbocycles. The first-order valence-corrected chi connectivity index (χ1v) is 6.10. The summed E-state index contributed by atoms with van der Waals surface area (Å²) < 4.78 is 44.1. The average Bonchev–Trinajstić information content (AvgIpc) is 2.45. The average molecular weight is 281 g/mol. The number of benzene rings is 2. The van der Waals surface area contributed by atoms with E-state index in [1.165, 1.54) is 18.2 Å². The lowest BCUT2D eigenvalue weighted by atomic mass is 10.1. The molecule has 1 atom stereocenters. The standard InChI is InChI=1S/C15H14F3NO/c16-15(17,18)12-8-4-5-9-13(12)20-14(10-19)11-6-2-1-3-7-11/h1-9,14H,10,19H2. The van der Waals surface area contributed by atoms with Crippen molar-refractivity contribution in [3.05, 3.63) is 65.7 Å². The van der Waals surface area contributed by atoms with Crippen molar-refractivity contribution in [2.45, 2.75) is 12.3 Å². The number of ether oxygens (including phenoxy) is 1. The highest BCUT2D eigenvalue weighted by atomic mass is 19.4. The normalized spacial score (nSPS) is 13.0. The Kier molecular flexibility index (Phi) is 4.29. The molecule has 2 N–H and O–H groups in total. The van der Waals surface area contributed by atoms with Crippen LogP contribution in [0.3, 0.4) is 0 Å². The van der Waals surface area contributed by atoms with E-state index in [-0.39, 0.29) is 12.3 Å². The van der Waals surface area contributed by atoms with Gasteiger partial charge in [-0.2, -0.15) is 13.2 Å². The summed E-state index contributed by atoms with van der Waals surface area (Å²) in [6.07, 6.45) is -5.06. The van der Waals surface area contributed by atoms with Gasteiger partial charge in [0, 0.05) is 6.54 Å². The fourth-order valence-corrected chi connectivity index (χ4v) is 1.88. The Hall–Kier alpha value is -2.01. The van der Waals surface area contributed by atoms with Gasteiger partial charge < -0.3 is 10.5 Å². The lowest BCUT2D eigenvalue weighted by Crippen LogP contribution is -2.20. The molecule has 0 spiro atoms. The van der Waals surface area contributed by atoms with Crippen molar-refractivity contribution in [2.75, 3.05) is 6.54 Å². The number of alkyl halides is 3. The van der Waals surface area contributed by atoms with Gasteiger partial charge in [-0.15, -0.1) is 0 Å². The molecule has 2 aromatic rings. The minimum absolute atomic E-state index is 0.0935. The zero-order chi connectivity index (χ0) is 14.6. The van der Waals surface area contributed by atoms with Gasteiger partial charge in [0.15, 0.2) is 0 Å². The van der Waals surface area contributed by atoms with E-state index < -0.39 is 17.8 Å². The number of nitrogens with two attached hydrogens (primary N) is 1. The third-order valence-electron chi connectivity index (χ3n) is 2.85. The largest absolute Gasteiger partial charge is 0.484 e. The Morgan fingerprint density at radius 3 is 2.15 bits per heavy atom. The molecule has 0 bridgehead atoms. The van der Waals surface area contributed by atoms with Crippen LogP contribution in [0.2, 0.25) is 0 Å². The van der Waals surface area contributed by atoms with Crippen molar-refractivity contribution >= 4 is 0 Å². The minimum Gasteiger partial charge on any atom is -0.484 e. The summed E-state index contributed by atoms with van der Waals surface area (Å²) in [6.45, 7) is 0.0935. The Morgan fingerprint density at radius 1 is 0.950 bits per heavy atom. The molecule has 0 fully saturated rings. The Morgan fingerprint density at radius 2 is 1.55 bits per heavy atom. The molecule has 1 unspecified atom stereocenters. The van der Waals surface area contributed by atoms with Gasteiger partial charge in [0.2, 0.25) is 0 Å². The van der Waals surface area contributed by atoms with Crippen molar-refractivity contribution in [1.29, 1.82) is 0 Å². The van der Waals surface area contributed by atoms with E-state index in [2.05, 4.69) is 0 Å². The highest BCUT2D eigenvalue weighted by Crippen LogP contribution is 2.37. The second-order valence-electron chi connectivity index (χ2n) is 4.25. The van der Waals surface area contributed by atoms with Crippen LogP contribution in [-0.4, -0.2) is 6.54 Å². The van der Waals surface area contributed by atoms with Gasteiger partial charge in [0.25, 0.3) is 0 Å². The maximum atomic E-state index is 12.9. The van der Waals surface area contributed by atoms with E-state index in [0.717, 1.165) is 11.6 Å². The van der Waals surface area contributed by atoms with Crippen LogP contribution in [0.1, 0.15) is 17.2 Å². The van der Waals surface area contributed by atoms with Crippen LogP contribution in [0.5, 0.6) is 5.75 Å². The molecule has 0 aliphatic rings. The molecule has 20 heavy (non-hydrogen) atoms. The van der Waals surface area contributed by atoms with Crippen molar-refractivity contribution < 1.29 is 17.9 Å². The lowest BCUT2D eigenvalue weighted by Gasteiger charge is -2.20. The highest BCUT2D eigenvalue weighted by Gasteiger charge is 2.34. The molecular weight excluding hydrogens is 267 g/mol. The Labute approximate surface area is 115 Å². The number of para-hydroxylation sites is 1. The van der Waals surface area contributed by atoms with Crippen LogP contribution in [0.4, 0.5) is 13.2 Å². The van der Waals surface area contributed by atoms with Crippen LogP contribution >= 0.6 is 0 Å². The van der Waals surface area contributed by atoms with Gasteiger partial charge >= 0.3 is 6.18 Å². The fourth-order valence-electron chi connectivity index (χ4n) is 1.88. The van der Waals surface area contributed by atoms with Crippen LogP contribution in [0, 0.1) is 0 Å². The fraction of sp³-hybridized carbons (Fsp3) is 0.200. The molecule has 0 amide bonds. The molecule has 0 aliphatic heterocycles. The van der Waals surface area contributed by atoms with Gasteiger partial charge in [-0.3, -0.25) is 0 Å². The first-order valence-electron chi connectivity index (χ1n) is 6.10. The summed E-state index contributed by atoms with van der Waals surface area (Å²) in [6, 6.07) is 14.1. The Balaban J connectivity index is 2.29. The van der Waals surface area contributed by atoms with E-state index in [4.69, 9.17) is 10.5 Å². The van der Waals surface area contributed by atoms with E-state index in [1.807, 2.05) is 6.07 Å². The predicted octanol–water partition coefficient (Wildman–Crippen LogP) is 3.78. The van der Waals surface area contributed by atoms with Gasteiger partial charge in [-0.1, -0.05) is 42.5 Å². The van der Waals surface area contributed by atoms with Gasteiger partial charge in [0.1, 0.15) is 11.9 Å². The van der Waals surface area contributed by atoms with E-state index in [9.17, 15) is 13.2 Å². The molecule has 2 aromatic carbocycles. The van der Waals surface area contributed by atoms with Crippen LogP contribution in [-0.2, 0) is 6.18 Å². The van der Waals surface area contributed by atoms with Crippen molar-refractivity contribution in [3.63, 3.8) is 0 Å². The molecule has 0 aromatic heterocycles. The maximum Gasteiger partial charge on any atom is 0.419 e. The summed E-state index contributed by atoms with van der Waals surface area (Å²) in [5.74, 6) is -0.209. The second kappa shape index (κ2) is 5.96. The van der Waals surface area contributed by atoms with Crippen molar-refractivity contribution in [2.24, 2.45) is 5.73 Å². The maximum absolute atomic E-state index is 12.9. The quantitative estimate of drug-likeness (QED) is 0.925. The zero-order valence-corrected chi connectivity index (χ0v) is 10.6. The molecule has 2 rings (SSSR count). The number of rotatable bonds is 4. The molecule has 0 saturated heterocycles. The summed E-state index contributed by atoms with van der Waals surface area (Å²) in [4.78, 5) is 0. The third kappa shape index (κ3) is 3.30. The Bertz CT molecular complexity index is 555. The van der Waals surface area contributed by atoms with E-state index >= 15 is 0 Å². The van der Waals surface area contributed by atoms with E-state index in [1.54, 1.807) is 24.3 Å². The SMILES string of the molecule is NCC(Oc1ccccc1C(F)(F)F)c1ccccc1. The summed E-state index contributed by atoms with van der Waals surface area (Å²) >= 11 is 0. The monoisotopic (exact) mass is 281 g/mol. The molecule has 5 heteroatoms. The smallest absolute Gasteiger partial charge is 0.419 e. The number of hydrogen-bond donors (Lipinski definition) is 1. The minimum atomic E-state index is -4.45. The summed E-state index contributed by atoms with van der Waals surface area (Å²) in [5.41, 5.74) is 5.55. The van der Waals surface area contributed by atoms with Gasteiger partial charge in [0.05, 0.1) is 5.56 Å².